The van der Waals surface area contributed by atoms with Crippen molar-refractivity contribution in [2.24, 2.45) is 5.92 Å². The largest absolute Gasteiger partial charge is 0.405 e. The number of halogens is 3. The molecule has 1 fully saturated rings. The van der Waals surface area contributed by atoms with Crippen molar-refractivity contribution < 1.29 is 18.0 Å². The van der Waals surface area contributed by atoms with Crippen LogP contribution in [0, 0.1) is 17.2 Å². The molecule has 206 valence electrons. The summed E-state index contributed by atoms with van der Waals surface area (Å²) in [5, 5.41) is 17.4. The number of rotatable bonds is 11. The molecule has 0 aliphatic heterocycles. The summed E-state index contributed by atoms with van der Waals surface area (Å²) in [6.07, 6.45) is 6.31. The highest BCUT2D eigenvalue weighted by Gasteiger charge is 2.28. The topological polar surface area (TPSA) is 108 Å². The SMILES string of the molecule is N#Cc1ccc(CNC(=O)[C@@H](CCC2CCCCC2)Nc2cc(-n3cccc3)nc(NCC(F)(F)F)n2)cc1. The molecule has 1 atom stereocenters. The Kier molecular flexibility index (Phi) is 9.41. The van der Waals surface area contributed by atoms with Crippen LogP contribution in [0.25, 0.3) is 5.82 Å². The van der Waals surface area contributed by atoms with E-state index in [2.05, 4.69) is 32.0 Å². The minimum atomic E-state index is -4.44. The summed E-state index contributed by atoms with van der Waals surface area (Å²) in [6.45, 7) is -0.999. The number of hydrogen-bond acceptors (Lipinski definition) is 6. The van der Waals surface area contributed by atoms with Gasteiger partial charge in [0.05, 0.1) is 11.6 Å². The fraction of sp³-hybridized carbons (Fsp3) is 0.429. The molecule has 0 unspecified atom stereocenters. The van der Waals surface area contributed by atoms with Gasteiger partial charge < -0.3 is 20.5 Å². The van der Waals surface area contributed by atoms with E-state index in [9.17, 15) is 18.0 Å². The number of aromatic nitrogens is 3. The van der Waals surface area contributed by atoms with Crippen LogP contribution in [0.3, 0.4) is 0 Å². The summed E-state index contributed by atoms with van der Waals surface area (Å²) >= 11 is 0. The van der Waals surface area contributed by atoms with Gasteiger partial charge in [-0.15, -0.1) is 0 Å². The van der Waals surface area contributed by atoms with Gasteiger partial charge in [0.15, 0.2) is 0 Å². The van der Waals surface area contributed by atoms with Crippen molar-refractivity contribution in [3.8, 4) is 11.9 Å². The Bertz CT molecular complexity index is 1250. The molecule has 3 aromatic rings. The first-order valence-electron chi connectivity index (χ1n) is 13.2. The molecule has 4 rings (SSSR count). The van der Waals surface area contributed by atoms with Crippen molar-refractivity contribution in [1.82, 2.24) is 19.9 Å². The highest BCUT2D eigenvalue weighted by atomic mass is 19.4. The molecule has 1 aliphatic carbocycles. The maximum atomic E-state index is 13.3. The summed E-state index contributed by atoms with van der Waals surface area (Å²) < 4.78 is 40.3. The number of nitriles is 1. The molecular formula is C28H32F3N7O. The fourth-order valence-electron chi connectivity index (χ4n) is 4.72. The normalized spacial score (nSPS) is 14.8. The van der Waals surface area contributed by atoms with Gasteiger partial charge in [-0.2, -0.15) is 28.4 Å². The predicted octanol–water partition coefficient (Wildman–Crippen LogP) is 5.57. The first-order valence-corrected chi connectivity index (χ1v) is 13.2. The molecule has 0 saturated heterocycles. The number of hydrogen-bond donors (Lipinski definition) is 3. The summed E-state index contributed by atoms with van der Waals surface area (Å²) in [6, 6.07) is 13.6. The first-order chi connectivity index (χ1) is 18.8. The number of nitrogens with zero attached hydrogens (tertiary/aromatic N) is 4. The lowest BCUT2D eigenvalue weighted by Crippen LogP contribution is -2.40. The summed E-state index contributed by atoms with van der Waals surface area (Å²) in [5.41, 5.74) is 1.39. The van der Waals surface area contributed by atoms with E-state index in [4.69, 9.17) is 5.26 Å². The zero-order valence-corrected chi connectivity index (χ0v) is 21.5. The molecule has 0 bridgehead atoms. The molecule has 11 heteroatoms. The minimum absolute atomic E-state index is 0.190. The van der Waals surface area contributed by atoms with Crippen LogP contribution in [0.15, 0.2) is 54.9 Å². The second-order valence-corrected chi connectivity index (χ2v) is 9.80. The zero-order valence-electron chi connectivity index (χ0n) is 21.5. The smallest absolute Gasteiger partial charge is 0.358 e. The van der Waals surface area contributed by atoms with Crippen molar-refractivity contribution in [2.45, 2.75) is 63.7 Å². The van der Waals surface area contributed by atoms with Crippen molar-refractivity contribution >= 4 is 17.7 Å². The lowest BCUT2D eigenvalue weighted by Gasteiger charge is -2.25. The molecule has 1 amide bonds. The van der Waals surface area contributed by atoms with Crippen LogP contribution in [0.5, 0.6) is 0 Å². The third-order valence-electron chi connectivity index (χ3n) is 6.81. The molecular weight excluding hydrogens is 507 g/mol. The van der Waals surface area contributed by atoms with Crippen LogP contribution in [-0.2, 0) is 11.3 Å². The molecule has 1 aromatic carbocycles. The summed E-state index contributed by atoms with van der Waals surface area (Å²) in [4.78, 5) is 21.8. The van der Waals surface area contributed by atoms with E-state index < -0.39 is 18.8 Å². The van der Waals surface area contributed by atoms with E-state index in [1.165, 1.54) is 19.3 Å². The van der Waals surface area contributed by atoms with E-state index in [1.807, 2.05) is 0 Å². The van der Waals surface area contributed by atoms with E-state index in [1.54, 1.807) is 59.4 Å². The summed E-state index contributed by atoms with van der Waals surface area (Å²) in [5.74, 6) is 0.733. The molecule has 1 aliphatic rings. The lowest BCUT2D eigenvalue weighted by molar-refractivity contribution is -0.122. The van der Waals surface area contributed by atoms with Gasteiger partial charge >= 0.3 is 6.18 Å². The molecule has 8 nitrogen and oxygen atoms in total. The number of carbonyl (C=O) groups excluding carboxylic acids is 1. The predicted molar refractivity (Wildman–Crippen MR) is 142 cm³/mol. The van der Waals surface area contributed by atoms with Crippen LogP contribution in [0.1, 0.15) is 56.1 Å². The molecule has 0 radical (unpaired) electrons. The van der Waals surface area contributed by atoms with Gasteiger partial charge in [0, 0.05) is 25.0 Å². The van der Waals surface area contributed by atoms with Gasteiger partial charge in [-0.25, -0.2) is 0 Å². The third-order valence-corrected chi connectivity index (χ3v) is 6.81. The number of alkyl halides is 3. The Balaban J connectivity index is 1.52. The second-order valence-electron chi connectivity index (χ2n) is 9.80. The highest BCUT2D eigenvalue weighted by molar-refractivity contribution is 5.84. The van der Waals surface area contributed by atoms with Gasteiger partial charge in [0.1, 0.15) is 24.2 Å². The first kappa shape index (κ1) is 28.0. The van der Waals surface area contributed by atoms with Crippen LogP contribution in [-0.4, -0.2) is 39.2 Å². The van der Waals surface area contributed by atoms with Crippen LogP contribution in [0.4, 0.5) is 24.9 Å². The Hall–Kier alpha value is -4.07. The molecule has 3 N–H and O–H groups in total. The molecule has 2 aromatic heterocycles. The number of nitrogens with one attached hydrogen (secondary N) is 3. The number of carbonyl (C=O) groups is 1. The Morgan fingerprint density at radius 2 is 1.82 bits per heavy atom. The van der Waals surface area contributed by atoms with Gasteiger partial charge in [0.2, 0.25) is 11.9 Å². The Morgan fingerprint density at radius 1 is 1.10 bits per heavy atom. The number of benzene rings is 1. The number of amides is 1. The Morgan fingerprint density at radius 3 is 2.49 bits per heavy atom. The average molecular weight is 540 g/mol. The quantitative estimate of drug-likeness (QED) is 0.294. The van der Waals surface area contributed by atoms with Gasteiger partial charge in [-0.3, -0.25) is 4.79 Å². The van der Waals surface area contributed by atoms with Crippen molar-refractivity contribution in [2.75, 3.05) is 17.2 Å². The highest BCUT2D eigenvalue weighted by Crippen LogP contribution is 2.28. The van der Waals surface area contributed by atoms with Gasteiger partial charge in [-0.05, 0) is 48.6 Å². The Labute approximate surface area is 225 Å². The minimum Gasteiger partial charge on any atom is -0.358 e. The van der Waals surface area contributed by atoms with E-state index in [-0.39, 0.29) is 24.2 Å². The standard InChI is InChI=1S/C28H32F3N7O/c29-28(30,31)19-34-27-36-24(16-25(37-27)38-14-4-5-15-38)35-23(13-12-20-6-2-1-3-7-20)26(39)33-18-22-10-8-21(17-32)9-11-22/h4-5,8-11,14-16,20,23H,1-3,6-7,12-13,18-19H2,(H,33,39)(H2,34,35,36,37)/t23-/m1/s1. The average Bonchev–Trinajstić information content (AvgIpc) is 3.49. The van der Waals surface area contributed by atoms with Crippen molar-refractivity contribution in [3.05, 3.63) is 66.0 Å². The number of anilines is 2. The maximum absolute atomic E-state index is 13.3. The third kappa shape index (κ3) is 8.74. The van der Waals surface area contributed by atoms with E-state index in [0.29, 0.717) is 23.7 Å². The zero-order chi connectivity index (χ0) is 27.7. The van der Waals surface area contributed by atoms with E-state index >= 15 is 0 Å². The molecule has 2 heterocycles. The molecule has 39 heavy (non-hydrogen) atoms. The lowest BCUT2D eigenvalue weighted by atomic mass is 9.85. The van der Waals surface area contributed by atoms with Crippen molar-refractivity contribution in [1.29, 1.82) is 5.26 Å². The molecule has 1 saturated carbocycles. The second kappa shape index (κ2) is 13.1. The maximum Gasteiger partial charge on any atom is 0.405 e. The van der Waals surface area contributed by atoms with Crippen LogP contribution >= 0.6 is 0 Å². The van der Waals surface area contributed by atoms with Crippen LogP contribution < -0.4 is 16.0 Å². The molecule has 0 spiro atoms. The van der Waals surface area contributed by atoms with Gasteiger partial charge in [0.25, 0.3) is 0 Å². The van der Waals surface area contributed by atoms with E-state index in [0.717, 1.165) is 24.8 Å². The van der Waals surface area contributed by atoms with Crippen LogP contribution in [0.2, 0.25) is 0 Å². The monoisotopic (exact) mass is 539 g/mol. The van der Waals surface area contributed by atoms with Gasteiger partial charge in [-0.1, -0.05) is 44.2 Å². The fourth-order valence-corrected chi connectivity index (χ4v) is 4.72. The van der Waals surface area contributed by atoms with Crippen molar-refractivity contribution in [3.63, 3.8) is 0 Å². The summed E-state index contributed by atoms with van der Waals surface area (Å²) in [7, 11) is 0.